The Labute approximate surface area is 214 Å². The summed E-state index contributed by atoms with van der Waals surface area (Å²) in [6.45, 7) is 3.21. The molecule has 0 amide bonds. The van der Waals surface area contributed by atoms with Crippen molar-refractivity contribution in [2.24, 2.45) is 5.73 Å². The lowest BCUT2D eigenvalue weighted by atomic mass is 10.0. The van der Waals surface area contributed by atoms with E-state index in [0.717, 1.165) is 12.8 Å². The molecule has 11 heteroatoms. The van der Waals surface area contributed by atoms with Gasteiger partial charge in [0.25, 0.3) is 0 Å². The predicted molar refractivity (Wildman–Crippen MR) is 144 cm³/mol. The highest BCUT2D eigenvalue weighted by Gasteiger charge is 2.58. The van der Waals surface area contributed by atoms with Crippen LogP contribution in [0.1, 0.15) is 110 Å². The van der Waals surface area contributed by atoms with Crippen LogP contribution in [0.15, 0.2) is 0 Å². The van der Waals surface area contributed by atoms with Crippen LogP contribution >= 0.6 is 15.2 Å². The first kappa shape index (κ1) is 35.2. The summed E-state index contributed by atoms with van der Waals surface area (Å²) in [4.78, 5) is 31.0. The number of unbranched alkanes of at least 4 members (excludes halogenated alkanes) is 13. The molecule has 0 saturated carbocycles. The summed E-state index contributed by atoms with van der Waals surface area (Å²) in [7, 11) is -6.47. The zero-order chi connectivity index (χ0) is 26.6. The smallest absolute Gasteiger partial charge is 0.360 e. The van der Waals surface area contributed by atoms with E-state index in [1.54, 1.807) is 19.0 Å². The van der Waals surface area contributed by atoms with Gasteiger partial charge in [-0.25, -0.2) is 0 Å². The second-order valence-corrected chi connectivity index (χ2v) is 14.2. The number of hydrogen-bond acceptors (Lipinski definition) is 6. The van der Waals surface area contributed by atoms with Crippen LogP contribution in [0.5, 0.6) is 0 Å². The highest BCUT2D eigenvalue weighted by Crippen LogP contribution is 2.69. The molecule has 35 heavy (non-hydrogen) atoms. The molecule has 0 aliphatic heterocycles. The molecular weight excluding hydrogens is 490 g/mol. The second-order valence-electron chi connectivity index (χ2n) is 9.89. The summed E-state index contributed by atoms with van der Waals surface area (Å²) in [5.74, 6) is 0. The first-order valence-electron chi connectivity index (χ1n) is 13.5. The first-order chi connectivity index (χ1) is 16.5. The summed E-state index contributed by atoms with van der Waals surface area (Å²) >= 11 is 0. The molecule has 212 valence electrons. The van der Waals surface area contributed by atoms with Crippen molar-refractivity contribution in [1.82, 2.24) is 4.90 Å². The van der Waals surface area contributed by atoms with Crippen LogP contribution in [0, 0.1) is 0 Å². The third-order valence-electron chi connectivity index (χ3n) is 6.26. The Morgan fingerprint density at radius 3 is 1.57 bits per heavy atom. The van der Waals surface area contributed by atoms with Gasteiger partial charge in [-0.15, -0.1) is 0 Å². The van der Waals surface area contributed by atoms with Crippen molar-refractivity contribution in [2.45, 2.75) is 115 Å². The third kappa shape index (κ3) is 16.6. The van der Waals surface area contributed by atoms with Gasteiger partial charge in [0.15, 0.2) is 0 Å². The number of rotatable bonds is 25. The molecule has 0 radical (unpaired) electrons. The van der Waals surface area contributed by atoms with Gasteiger partial charge in [0.05, 0.1) is 6.61 Å². The summed E-state index contributed by atoms with van der Waals surface area (Å²) < 4.78 is 34.9. The Kier molecular flexibility index (Phi) is 20.3. The maximum Gasteiger partial charge on any atom is 0.360 e. The average molecular weight is 545 g/mol. The van der Waals surface area contributed by atoms with E-state index >= 15 is 0 Å². The maximum absolute atomic E-state index is 12.5. The van der Waals surface area contributed by atoms with Crippen molar-refractivity contribution in [3.05, 3.63) is 0 Å². The lowest BCUT2D eigenvalue weighted by Gasteiger charge is -2.33. The molecule has 0 spiro atoms. The van der Waals surface area contributed by atoms with E-state index in [9.17, 15) is 23.8 Å². The van der Waals surface area contributed by atoms with Gasteiger partial charge in [0.2, 0.25) is 5.02 Å². The maximum atomic E-state index is 12.5. The molecule has 0 fully saturated rings. The lowest BCUT2D eigenvalue weighted by molar-refractivity contribution is 0.112. The summed E-state index contributed by atoms with van der Waals surface area (Å²) in [6.07, 6.45) is 18.2. The van der Waals surface area contributed by atoms with Crippen LogP contribution in [0.3, 0.4) is 0 Å². The van der Waals surface area contributed by atoms with Crippen LogP contribution in [0.4, 0.5) is 0 Å². The largest absolute Gasteiger partial charge is 0.381 e. The molecular formula is C24H54N2O7P2. The number of hydrogen-bond donors (Lipinski definition) is 4. The van der Waals surface area contributed by atoms with Crippen molar-refractivity contribution < 1.29 is 33.1 Å². The molecule has 0 saturated heterocycles. The molecule has 0 aromatic rings. The molecule has 0 aromatic heterocycles. The van der Waals surface area contributed by atoms with E-state index in [4.69, 9.17) is 15.0 Å². The van der Waals surface area contributed by atoms with E-state index in [1.165, 1.54) is 77.0 Å². The number of ether oxygens (including phenoxy) is 1. The van der Waals surface area contributed by atoms with Crippen molar-refractivity contribution in [2.75, 3.05) is 40.5 Å². The summed E-state index contributed by atoms with van der Waals surface area (Å²) in [5, 5.41) is -2.63. The van der Waals surface area contributed by atoms with Gasteiger partial charge in [-0.3, -0.25) is 9.13 Å². The zero-order valence-corrected chi connectivity index (χ0v) is 24.3. The van der Waals surface area contributed by atoms with Crippen molar-refractivity contribution in [3.63, 3.8) is 0 Å². The van der Waals surface area contributed by atoms with Gasteiger partial charge in [0.1, 0.15) is 0 Å². The summed E-state index contributed by atoms with van der Waals surface area (Å²) in [5.41, 5.74) is 5.72. The number of nitrogens with zero attached hydrogens (tertiary/aromatic N) is 1. The molecule has 0 aliphatic carbocycles. The molecule has 2 atom stereocenters. The van der Waals surface area contributed by atoms with E-state index in [0.29, 0.717) is 19.6 Å². The minimum absolute atomic E-state index is 0.137. The highest BCUT2D eigenvalue weighted by molar-refractivity contribution is 7.72. The first-order valence-corrected chi connectivity index (χ1v) is 16.7. The van der Waals surface area contributed by atoms with Gasteiger partial charge in [-0.1, -0.05) is 90.4 Å². The Morgan fingerprint density at radius 1 is 0.714 bits per heavy atom. The number of nitrogens with two attached hydrogens (primary N) is 1. The fourth-order valence-electron chi connectivity index (χ4n) is 3.80. The molecule has 0 bridgehead atoms. The minimum Gasteiger partial charge on any atom is -0.381 e. The van der Waals surface area contributed by atoms with Crippen LogP contribution in [-0.4, -0.2) is 65.1 Å². The molecule has 9 nitrogen and oxygen atoms in total. The van der Waals surface area contributed by atoms with Crippen LogP contribution in [0.2, 0.25) is 0 Å². The SMILES string of the molecule is CCCCCCCCCCCCCCCCOCCCOP(=O)(O)C(N)(CCN(C)C)P(=O)(O)O. The second kappa shape index (κ2) is 20.2. The van der Waals surface area contributed by atoms with Gasteiger partial charge >= 0.3 is 15.2 Å². The van der Waals surface area contributed by atoms with Crippen molar-refractivity contribution >= 4 is 15.2 Å². The average Bonchev–Trinajstić information content (AvgIpc) is 2.78. The van der Waals surface area contributed by atoms with Gasteiger partial charge < -0.3 is 34.6 Å². The zero-order valence-electron chi connectivity index (χ0n) is 22.5. The van der Waals surface area contributed by atoms with E-state index < -0.39 is 20.2 Å². The van der Waals surface area contributed by atoms with E-state index in [-0.39, 0.29) is 19.6 Å². The molecule has 0 rings (SSSR count). The van der Waals surface area contributed by atoms with Crippen molar-refractivity contribution in [3.8, 4) is 0 Å². The van der Waals surface area contributed by atoms with Crippen LogP contribution in [-0.2, 0) is 18.4 Å². The minimum atomic E-state index is -5.08. The fraction of sp³-hybridized carbons (Fsp3) is 1.00. The predicted octanol–water partition coefficient (Wildman–Crippen LogP) is 5.82. The lowest BCUT2D eigenvalue weighted by Crippen LogP contribution is -2.42. The highest BCUT2D eigenvalue weighted by atomic mass is 31.2. The van der Waals surface area contributed by atoms with Crippen molar-refractivity contribution in [1.29, 1.82) is 0 Å². The topological polar surface area (TPSA) is 143 Å². The monoisotopic (exact) mass is 544 g/mol. The molecule has 5 N–H and O–H groups in total. The quantitative estimate of drug-likeness (QED) is 0.0826. The Hall–Kier alpha value is 0.180. The molecule has 0 aliphatic rings. The van der Waals surface area contributed by atoms with Gasteiger partial charge in [-0.05, 0) is 26.9 Å². The Bertz CT molecular complexity index is 604. The van der Waals surface area contributed by atoms with Crippen LogP contribution in [0.25, 0.3) is 0 Å². The van der Waals surface area contributed by atoms with Crippen LogP contribution < -0.4 is 5.73 Å². The van der Waals surface area contributed by atoms with Gasteiger partial charge in [-0.2, -0.15) is 0 Å². The van der Waals surface area contributed by atoms with E-state index in [2.05, 4.69) is 6.92 Å². The normalized spacial score (nSPS) is 15.9. The Balaban J connectivity index is 3.73. The Morgan fingerprint density at radius 2 is 1.14 bits per heavy atom. The molecule has 0 heterocycles. The molecule has 0 aromatic carbocycles. The molecule has 2 unspecified atom stereocenters. The van der Waals surface area contributed by atoms with Gasteiger partial charge in [0, 0.05) is 26.2 Å². The fourth-order valence-corrected chi connectivity index (χ4v) is 6.67. The standard InChI is InChI=1S/C24H54N2O7P2/c1-4-5-6-7-8-9-10-11-12-13-14-15-16-17-21-32-22-18-23-33-35(30,31)24(25,34(27,28)29)19-20-26(2)3/h4-23,25H2,1-3H3,(H,30,31)(H2,27,28,29). The summed E-state index contributed by atoms with van der Waals surface area (Å²) in [6, 6.07) is 0. The third-order valence-corrected chi connectivity index (χ3v) is 10.8. The van der Waals surface area contributed by atoms with E-state index in [1.807, 2.05) is 0 Å².